The Kier molecular flexibility index (Phi) is 5.41. The summed E-state index contributed by atoms with van der Waals surface area (Å²) in [5, 5.41) is 11.5. The number of carboxylic acid groups (broad SMARTS) is 1. The van der Waals surface area contributed by atoms with E-state index < -0.39 is 11.9 Å². The van der Waals surface area contributed by atoms with E-state index in [0.29, 0.717) is 0 Å². The minimum Gasteiger partial charge on any atom is -0.478 e. The van der Waals surface area contributed by atoms with Gasteiger partial charge in [0.05, 0.1) is 0 Å². The molecule has 4 nitrogen and oxygen atoms in total. The van der Waals surface area contributed by atoms with Gasteiger partial charge in [0.2, 0.25) is 5.91 Å². The maximum absolute atomic E-state index is 12.0. The average Bonchev–Trinajstić information content (AvgIpc) is 2.35. The summed E-state index contributed by atoms with van der Waals surface area (Å²) >= 11 is 0. The molecule has 0 bridgehead atoms. The van der Waals surface area contributed by atoms with E-state index in [4.69, 9.17) is 5.11 Å². The maximum Gasteiger partial charge on any atom is 0.328 e. The molecule has 1 rings (SSSR count). The zero-order valence-electron chi connectivity index (χ0n) is 15.1. The number of anilines is 1. The molecule has 0 aliphatic rings. The second-order valence-corrected chi connectivity index (χ2v) is 7.88. The summed E-state index contributed by atoms with van der Waals surface area (Å²) < 4.78 is 0. The van der Waals surface area contributed by atoms with Crippen molar-refractivity contribution in [3.8, 4) is 0 Å². The van der Waals surface area contributed by atoms with Gasteiger partial charge in [0.15, 0.2) is 0 Å². The van der Waals surface area contributed by atoms with E-state index in [1.807, 2.05) is 6.92 Å². The Labute approximate surface area is 138 Å². The Balaban J connectivity index is 3.37. The Morgan fingerprint density at radius 3 is 2.00 bits per heavy atom. The van der Waals surface area contributed by atoms with Crippen LogP contribution in [0.2, 0.25) is 0 Å². The van der Waals surface area contributed by atoms with Crippen molar-refractivity contribution in [2.24, 2.45) is 0 Å². The number of aliphatic carboxylic acids is 1. The van der Waals surface area contributed by atoms with E-state index >= 15 is 0 Å². The van der Waals surface area contributed by atoms with Gasteiger partial charge in [0.1, 0.15) is 0 Å². The highest BCUT2D eigenvalue weighted by Gasteiger charge is 2.24. The predicted octanol–water partition coefficient (Wildman–Crippen LogP) is 4.17. The molecule has 4 heteroatoms. The van der Waals surface area contributed by atoms with Crippen LogP contribution < -0.4 is 5.32 Å². The van der Waals surface area contributed by atoms with Crippen LogP contribution in [-0.2, 0) is 20.4 Å². The summed E-state index contributed by atoms with van der Waals surface area (Å²) in [4.78, 5) is 22.5. The Morgan fingerprint density at radius 2 is 1.57 bits per heavy atom. The molecule has 0 aliphatic heterocycles. The van der Waals surface area contributed by atoms with Gasteiger partial charge in [0, 0.05) is 17.8 Å². The minimum atomic E-state index is -1.14. The number of hydrogen-bond acceptors (Lipinski definition) is 2. The zero-order valence-corrected chi connectivity index (χ0v) is 15.1. The predicted molar refractivity (Wildman–Crippen MR) is 94.0 cm³/mol. The first-order valence-electron chi connectivity index (χ1n) is 7.70. The lowest BCUT2D eigenvalue weighted by molar-refractivity contribution is -0.131. The van der Waals surface area contributed by atoms with Crippen LogP contribution in [0.3, 0.4) is 0 Å². The lowest BCUT2D eigenvalue weighted by Gasteiger charge is -2.29. The molecular formula is C19H27NO3. The Bertz CT molecular complexity index is 644. The monoisotopic (exact) mass is 317 g/mol. The molecule has 0 spiro atoms. The molecule has 0 atom stereocenters. The van der Waals surface area contributed by atoms with Crippen LogP contribution >= 0.6 is 0 Å². The van der Waals surface area contributed by atoms with Crippen LogP contribution in [0.1, 0.15) is 58.2 Å². The van der Waals surface area contributed by atoms with Gasteiger partial charge >= 0.3 is 5.97 Å². The van der Waals surface area contributed by atoms with Gasteiger partial charge in [-0.05, 0) is 34.4 Å². The molecule has 0 saturated carbocycles. The number of nitrogens with one attached hydrogen (secondary N) is 1. The number of carboxylic acids is 1. The van der Waals surface area contributed by atoms with Crippen molar-refractivity contribution < 1.29 is 14.7 Å². The second-order valence-electron chi connectivity index (χ2n) is 7.88. The molecule has 0 saturated heterocycles. The van der Waals surface area contributed by atoms with Crippen LogP contribution in [0, 0.1) is 6.92 Å². The number of benzene rings is 1. The number of hydrogen-bond donors (Lipinski definition) is 2. The van der Waals surface area contributed by atoms with Gasteiger partial charge in [0.25, 0.3) is 0 Å². The van der Waals surface area contributed by atoms with E-state index in [0.717, 1.165) is 29.0 Å². The summed E-state index contributed by atoms with van der Waals surface area (Å²) in [5.41, 5.74) is 3.84. The van der Waals surface area contributed by atoms with Gasteiger partial charge in [-0.1, -0.05) is 53.7 Å². The smallest absolute Gasteiger partial charge is 0.328 e. The molecular weight excluding hydrogens is 290 g/mol. The third kappa shape index (κ3) is 5.23. The van der Waals surface area contributed by atoms with Gasteiger partial charge < -0.3 is 10.4 Å². The Hall–Kier alpha value is -2.10. The van der Waals surface area contributed by atoms with Gasteiger partial charge in [-0.25, -0.2) is 4.79 Å². The molecule has 126 valence electrons. The van der Waals surface area contributed by atoms with Gasteiger partial charge in [-0.3, -0.25) is 4.79 Å². The average molecular weight is 317 g/mol. The molecule has 1 aromatic rings. The minimum absolute atomic E-state index is 0.0104. The number of aryl methyl sites for hydroxylation is 1. The standard InChI is InChI=1S/C19H27NO3/c1-12-10-13(18(2,3)4)11-14(19(5,6)7)17(12)20-15(21)8-9-16(22)23/h8-11H,1-7H3,(H,20,21)(H,22,23)/b9-8+. The van der Waals surface area contributed by atoms with Gasteiger partial charge in [-0.15, -0.1) is 0 Å². The van der Waals surface area contributed by atoms with E-state index in [1.165, 1.54) is 5.56 Å². The highest BCUT2D eigenvalue weighted by Crippen LogP contribution is 2.36. The molecule has 23 heavy (non-hydrogen) atoms. The molecule has 0 aliphatic carbocycles. The summed E-state index contributed by atoms with van der Waals surface area (Å²) in [6, 6.07) is 4.20. The van der Waals surface area contributed by atoms with Gasteiger partial charge in [-0.2, -0.15) is 0 Å². The van der Waals surface area contributed by atoms with Crippen molar-refractivity contribution in [1.82, 2.24) is 0 Å². The fourth-order valence-corrected chi connectivity index (χ4v) is 2.29. The first-order valence-corrected chi connectivity index (χ1v) is 7.70. The van der Waals surface area contributed by atoms with E-state index in [2.05, 4.69) is 59.0 Å². The fourth-order valence-electron chi connectivity index (χ4n) is 2.29. The van der Waals surface area contributed by atoms with Crippen molar-refractivity contribution in [3.63, 3.8) is 0 Å². The van der Waals surface area contributed by atoms with E-state index in [-0.39, 0.29) is 10.8 Å². The molecule has 0 heterocycles. The number of carbonyl (C=O) groups is 2. The van der Waals surface area contributed by atoms with E-state index in [1.54, 1.807) is 0 Å². The molecule has 2 N–H and O–H groups in total. The SMILES string of the molecule is Cc1cc(C(C)(C)C)cc(C(C)(C)C)c1NC(=O)/C=C/C(=O)O. The van der Waals surface area contributed by atoms with Crippen molar-refractivity contribution in [2.45, 2.75) is 59.3 Å². The third-order valence-corrected chi connectivity index (χ3v) is 3.64. The van der Waals surface area contributed by atoms with Crippen molar-refractivity contribution in [1.29, 1.82) is 0 Å². The largest absolute Gasteiger partial charge is 0.478 e. The lowest BCUT2D eigenvalue weighted by atomic mass is 9.78. The topological polar surface area (TPSA) is 66.4 Å². The van der Waals surface area contributed by atoms with Crippen LogP contribution in [0.25, 0.3) is 0 Å². The highest BCUT2D eigenvalue weighted by molar-refractivity contribution is 6.03. The second kappa shape index (κ2) is 6.57. The zero-order chi connectivity index (χ0) is 18.0. The third-order valence-electron chi connectivity index (χ3n) is 3.64. The molecule has 0 unspecified atom stereocenters. The fraction of sp³-hybridized carbons (Fsp3) is 0.474. The first kappa shape index (κ1) is 18.9. The van der Waals surface area contributed by atoms with Crippen LogP contribution in [0.15, 0.2) is 24.3 Å². The number of carbonyl (C=O) groups excluding carboxylic acids is 1. The summed E-state index contributed by atoms with van der Waals surface area (Å²) in [6.07, 6.45) is 1.87. The highest BCUT2D eigenvalue weighted by atomic mass is 16.4. The van der Waals surface area contributed by atoms with Crippen molar-refractivity contribution in [3.05, 3.63) is 41.0 Å². The van der Waals surface area contributed by atoms with E-state index in [9.17, 15) is 9.59 Å². The molecule has 1 aromatic carbocycles. The quantitative estimate of drug-likeness (QED) is 0.822. The Morgan fingerprint density at radius 1 is 1.00 bits per heavy atom. The molecule has 0 fully saturated rings. The summed E-state index contributed by atoms with van der Waals surface area (Å²) in [6.45, 7) is 14.7. The molecule has 1 amide bonds. The van der Waals surface area contributed by atoms with Crippen molar-refractivity contribution in [2.75, 3.05) is 5.32 Å². The maximum atomic E-state index is 12.0. The molecule has 0 aromatic heterocycles. The van der Waals surface area contributed by atoms with Crippen LogP contribution in [-0.4, -0.2) is 17.0 Å². The molecule has 0 radical (unpaired) electrons. The van der Waals surface area contributed by atoms with Crippen molar-refractivity contribution >= 4 is 17.6 Å². The summed E-state index contributed by atoms with van der Waals surface area (Å²) in [5.74, 6) is -1.58. The number of amides is 1. The normalized spacial score (nSPS) is 12.5. The van der Waals surface area contributed by atoms with Crippen LogP contribution in [0.4, 0.5) is 5.69 Å². The summed E-state index contributed by atoms with van der Waals surface area (Å²) in [7, 11) is 0. The first-order chi connectivity index (χ1) is 10.3. The number of rotatable bonds is 3. The lowest BCUT2D eigenvalue weighted by Crippen LogP contribution is -2.21. The van der Waals surface area contributed by atoms with Crippen LogP contribution in [0.5, 0.6) is 0 Å².